The maximum absolute atomic E-state index is 12.1. The normalized spacial score (nSPS) is 14.0. The van der Waals surface area contributed by atoms with E-state index in [4.69, 9.17) is 0 Å². The van der Waals surface area contributed by atoms with Crippen LogP contribution in [0.15, 0.2) is 60.7 Å². The van der Waals surface area contributed by atoms with Crippen LogP contribution in [0.2, 0.25) is 0 Å². The highest BCUT2D eigenvalue weighted by molar-refractivity contribution is 7.93. The Kier molecular flexibility index (Phi) is 4.53. The lowest BCUT2D eigenvalue weighted by molar-refractivity contribution is 0.600. The maximum atomic E-state index is 12.1. The molecule has 7 heteroatoms. The number of aromatic nitrogens is 2. The number of nitrogens with one attached hydrogen (secondary N) is 2. The summed E-state index contributed by atoms with van der Waals surface area (Å²) >= 11 is 0. The van der Waals surface area contributed by atoms with Crippen LogP contribution in [0.5, 0.6) is 0 Å². The van der Waals surface area contributed by atoms with Crippen LogP contribution >= 0.6 is 0 Å². The number of hydrogen-bond donors (Lipinski definition) is 2. The Morgan fingerprint density at radius 2 is 1.67 bits per heavy atom. The molecule has 1 saturated carbocycles. The Bertz CT molecular complexity index is 1060. The van der Waals surface area contributed by atoms with Gasteiger partial charge in [0.2, 0.25) is 10.0 Å². The van der Waals surface area contributed by atoms with E-state index in [9.17, 15) is 8.42 Å². The van der Waals surface area contributed by atoms with Crippen molar-refractivity contribution < 1.29 is 8.42 Å². The zero-order valence-electron chi connectivity index (χ0n) is 14.9. The molecule has 0 radical (unpaired) electrons. The van der Waals surface area contributed by atoms with Crippen molar-refractivity contribution in [3.05, 3.63) is 66.5 Å². The Morgan fingerprint density at radius 1 is 0.926 bits per heavy atom. The van der Waals surface area contributed by atoms with E-state index in [0.29, 0.717) is 17.3 Å². The van der Waals surface area contributed by atoms with Gasteiger partial charge in [-0.3, -0.25) is 4.72 Å². The molecule has 0 amide bonds. The van der Waals surface area contributed by atoms with Crippen LogP contribution in [0.4, 0.5) is 17.2 Å². The Labute approximate surface area is 158 Å². The Balaban J connectivity index is 1.57. The van der Waals surface area contributed by atoms with Gasteiger partial charge in [-0.25, -0.2) is 18.4 Å². The minimum atomic E-state index is -3.28. The molecule has 0 aliphatic heterocycles. The molecule has 138 valence electrons. The number of hydrogen-bond acceptors (Lipinski definition) is 5. The molecule has 1 aliphatic carbocycles. The second-order valence-electron chi connectivity index (χ2n) is 6.60. The minimum Gasteiger partial charge on any atom is -0.340 e. The summed E-state index contributed by atoms with van der Waals surface area (Å²) in [5.41, 5.74) is 3.14. The minimum absolute atomic E-state index is 0.257. The van der Waals surface area contributed by atoms with Gasteiger partial charge in [0.1, 0.15) is 11.6 Å². The summed E-state index contributed by atoms with van der Waals surface area (Å²) < 4.78 is 26.9. The lowest BCUT2D eigenvalue weighted by atomic mass is 10.1. The summed E-state index contributed by atoms with van der Waals surface area (Å²) in [5.74, 6) is 1.31. The van der Waals surface area contributed by atoms with Crippen LogP contribution in [0.1, 0.15) is 18.7 Å². The summed E-state index contributed by atoms with van der Waals surface area (Å²) in [7, 11) is -3.28. The topological polar surface area (TPSA) is 84.0 Å². The first-order chi connectivity index (χ1) is 13.0. The molecule has 0 spiro atoms. The molecular weight excluding hydrogens is 360 g/mol. The third kappa shape index (κ3) is 4.25. The van der Waals surface area contributed by atoms with Crippen LogP contribution < -0.4 is 10.0 Å². The van der Waals surface area contributed by atoms with E-state index >= 15 is 0 Å². The van der Waals surface area contributed by atoms with Gasteiger partial charge in [0, 0.05) is 17.3 Å². The maximum Gasteiger partial charge on any atom is 0.235 e. The van der Waals surface area contributed by atoms with Crippen molar-refractivity contribution in [1.82, 2.24) is 9.97 Å². The molecule has 0 saturated heterocycles. The van der Waals surface area contributed by atoms with Crippen molar-refractivity contribution in [3.8, 4) is 11.3 Å². The highest BCUT2D eigenvalue weighted by Gasteiger charge is 2.35. The number of aryl methyl sites for hydroxylation is 1. The number of sulfonamides is 1. The van der Waals surface area contributed by atoms with Gasteiger partial charge in [0.15, 0.2) is 0 Å². The number of benzene rings is 2. The molecule has 6 nitrogen and oxygen atoms in total. The molecular formula is C20H20N4O2S. The largest absolute Gasteiger partial charge is 0.340 e. The van der Waals surface area contributed by atoms with Crippen LogP contribution in [0.25, 0.3) is 11.3 Å². The fourth-order valence-electron chi connectivity index (χ4n) is 2.82. The third-order valence-electron chi connectivity index (χ3n) is 4.27. The Hall–Kier alpha value is -2.93. The molecule has 1 aliphatic rings. The molecule has 0 unspecified atom stereocenters. The van der Waals surface area contributed by atoms with Crippen molar-refractivity contribution in [3.63, 3.8) is 0 Å². The molecule has 0 bridgehead atoms. The lowest BCUT2D eigenvalue weighted by Gasteiger charge is -2.11. The summed E-state index contributed by atoms with van der Waals surface area (Å²) in [6.45, 7) is 1.85. The fourth-order valence-corrected chi connectivity index (χ4v) is 4.20. The van der Waals surface area contributed by atoms with Crippen molar-refractivity contribution >= 4 is 27.2 Å². The summed E-state index contributed by atoms with van der Waals surface area (Å²) in [4.78, 5) is 8.93. The van der Waals surface area contributed by atoms with E-state index in [1.807, 2.05) is 49.4 Å². The molecule has 2 aromatic carbocycles. The number of anilines is 3. The summed E-state index contributed by atoms with van der Waals surface area (Å²) in [6.07, 6.45) is 1.46. The summed E-state index contributed by atoms with van der Waals surface area (Å²) in [6, 6.07) is 19.0. The van der Waals surface area contributed by atoms with E-state index in [-0.39, 0.29) is 5.25 Å². The van der Waals surface area contributed by atoms with Gasteiger partial charge in [-0.1, -0.05) is 36.4 Å². The number of rotatable bonds is 6. The quantitative estimate of drug-likeness (QED) is 0.673. The average Bonchev–Trinajstić information content (AvgIpc) is 3.48. The Morgan fingerprint density at radius 3 is 2.41 bits per heavy atom. The second kappa shape index (κ2) is 7.00. The standard InChI is InChI=1S/C20H20N4O2S/c1-14-21-19(15-6-3-2-4-7-15)13-20(22-14)23-16-8-5-9-17(12-16)24-27(25,26)18-10-11-18/h2-9,12-13,18,24H,10-11H2,1H3,(H,21,22,23). The second-order valence-corrected chi connectivity index (χ2v) is 8.56. The van der Waals surface area contributed by atoms with E-state index in [1.54, 1.807) is 18.2 Å². The van der Waals surface area contributed by atoms with Gasteiger partial charge >= 0.3 is 0 Å². The monoisotopic (exact) mass is 380 g/mol. The zero-order chi connectivity index (χ0) is 18.9. The van der Waals surface area contributed by atoms with Gasteiger partial charge in [0.25, 0.3) is 0 Å². The van der Waals surface area contributed by atoms with E-state index in [1.165, 1.54) is 0 Å². The SMILES string of the molecule is Cc1nc(Nc2cccc(NS(=O)(=O)C3CC3)c2)cc(-c2ccccc2)n1. The molecule has 1 fully saturated rings. The van der Waals surface area contributed by atoms with Crippen molar-refractivity contribution in [1.29, 1.82) is 0 Å². The van der Waals surface area contributed by atoms with Crippen LogP contribution in [-0.4, -0.2) is 23.6 Å². The number of nitrogens with zero attached hydrogens (tertiary/aromatic N) is 2. The van der Waals surface area contributed by atoms with Gasteiger partial charge in [-0.05, 0) is 38.0 Å². The fraction of sp³-hybridized carbons (Fsp3) is 0.200. The zero-order valence-corrected chi connectivity index (χ0v) is 15.7. The van der Waals surface area contributed by atoms with E-state index < -0.39 is 10.0 Å². The molecule has 3 aromatic rings. The lowest BCUT2D eigenvalue weighted by Crippen LogP contribution is -2.17. The van der Waals surface area contributed by atoms with Crippen LogP contribution in [0, 0.1) is 6.92 Å². The third-order valence-corrected chi connectivity index (χ3v) is 6.14. The van der Waals surface area contributed by atoms with Crippen molar-refractivity contribution in [2.75, 3.05) is 10.0 Å². The molecule has 2 N–H and O–H groups in total. The molecule has 27 heavy (non-hydrogen) atoms. The molecule has 0 atom stereocenters. The van der Waals surface area contributed by atoms with Crippen molar-refractivity contribution in [2.45, 2.75) is 25.0 Å². The first kappa shape index (κ1) is 17.5. The van der Waals surface area contributed by atoms with Crippen LogP contribution in [0.3, 0.4) is 0 Å². The smallest absolute Gasteiger partial charge is 0.235 e. The van der Waals surface area contributed by atoms with Gasteiger partial charge in [-0.15, -0.1) is 0 Å². The first-order valence-electron chi connectivity index (χ1n) is 8.79. The van der Waals surface area contributed by atoms with E-state index in [0.717, 1.165) is 29.8 Å². The highest BCUT2D eigenvalue weighted by Crippen LogP contribution is 2.30. The van der Waals surface area contributed by atoms with Gasteiger partial charge < -0.3 is 5.32 Å². The predicted octanol–water partition coefficient (Wildman–Crippen LogP) is 4.10. The highest BCUT2D eigenvalue weighted by atomic mass is 32.2. The molecule has 4 rings (SSSR count). The van der Waals surface area contributed by atoms with Gasteiger partial charge in [-0.2, -0.15) is 0 Å². The van der Waals surface area contributed by atoms with Crippen LogP contribution in [-0.2, 0) is 10.0 Å². The molecule has 1 aromatic heterocycles. The van der Waals surface area contributed by atoms with Crippen molar-refractivity contribution in [2.24, 2.45) is 0 Å². The summed E-state index contributed by atoms with van der Waals surface area (Å²) in [5, 5.41) is 2.98. The average molecular weight is 380 g/mol. The predicted molar refractivity (Wildman–Crippen MR) is 107 cm³/mol. The van der Waals surface area contributed by atoms with Gasteiger partial charge in [0.05, 0.1) is 16.6 Å². The first-order valence-corrected chi connectivity index (χ1v) is 10.3. The van der Waals surface area contributed by atoms with E-state index in [2.05, 4.69) is 20.0 Å². The molecule has 1 heterocycles.